The number of carbonyl (C=O) groups is 2. The largest absolute Gasteiger partial charge is 0.356 e. The maximum Gasteiger partial charge on any atom is 0.229 e. The lowest BCUT2D eigenvalue weighted by molar-refractivity contribution is -0.147. The van der Waals surface area contributed by atoms with Crippen LogP contribution in [0, 0.1) is 5.92 Å². The minimum Gasteiger partial charge on any atom is -0.356 e. The summed E-state index contributed by atoms with van der Waals surface area (Å²) in [6.45, 7) is 1.91. The smallest absolute Gasteiger partial charge is 0.229 e. The van der Waals surface area contributed by atoms with Gasteiger partial charge in [-0.15, -0.1) is 0 Å². The van der Waals surface area contributed by atoms with Crippen molar-refractivity contribution < 1.29 is 9.59 Å². The Labute approximate surface area is 113 Å². The average Bonchev–Trinajstić information content (AvgIpc) is 3.20. The summed E-state index contributed by atoms with van der Waals surface area (Å²) in [5.41, 5.74) is 0. The van der Waals surface area contributed by atoms with Crippen LogP contribution in [0.25, 0.3) is 0 Å². The monoisotopic (exact) mass is 266 g/mol. The molecule has 0 spiro atoms. The van der Waals surface area contributed by atoms with Gasteiger partial charge < -0.3 is 10.6 Å². The van der Waals surface area contributed by atoms with Gasteiger partial charge in [-0.3, -0.25) is 19.5 Å². The van der Waals surface area contributed by atoms with Gasteiger partial charge in [0.1, 0.15) is 0 Å². The Morgan fingerprint density at radius 3 is 2.53 bits per heavy atom. The van der Waals surface area contributed by atoms with Crippen molar-refractivity contribution in [2.24, 2.45) is 10.9 Å². The summed E-state index contributed by atoms with van der Waals surface area (Å²) < 4.78 is 0. The number of rotatable bonds is 5. The summed E-state index contributed by atoms with van der Waals surface area (Å²) in [4.78, 5) is 28.7. The molecule has 6 heteroatoms. The molecule has 2 rings (SSSR count). The van der Waals surface area contributed by atoms with E-state index in [1.165, 1.54) is 17.7 Å². The topological polar surface area (TPSA) is 73.8 Å². The molecule has 0 atom stereocenters. The van der Waals surface area contributed by atoms with Gasteiger partial charge in [-0.05, 0) is 25.2 Å². The van der Waals surface area contributed by atoms with Gasteiger partial charge in [0.15, 0.2) is 5.96 Å². The Balaban J connectivity index is 1.68. The van der Waals surface area contributed by atoms with Crippen LogP contribution in [0.1, 0.15) is 32.1 Å². The Bertz CT molecular complexity index is 361. The number of carbonyl (C=O) groups excluding carboxylic acids is 2. The highest BCUT2D eigenvalue weighted by atomic mass is 16.2. The number of nitrogens with zero attached hydrogens (tertiary/aromatic N) is 2. The van der Waals surface area contributed by atoms with Crippen LogP contribution in [0.15, 0.2) is 4.99 Å². The van der Waals surface area contributed by atoms with Crippen molar-refractivity contribution >= 4 is 17.8 Å². The molecule has 1 heterocycles. The fourth-order valence-corrected chi connectivity index (χ4v) is 2.12. The zero-order valence-corrected chi connectivity index (χ0v) is 11.4. The van der Waals surface area contributed by atoms with Crippen LogP contribution in [-0.4, -0.2) is 49.4 Å². The fourth-order valence-electron chi connectivity index (χ4n) is 2.12. The van der Waals surface area contributed by atoms with Crippen LogP contribution in [0.2, 0.25) is 0 Å². The first-order valence-corrected chi connectivity index (χ1v) is 6.98. The van der Waals surface area contributed by atoms with Gasteiger partial charge in [-0.1, -0.05) is 0 Å². The molecule has 6 nitrogen and oxygen atoms in total. The molecule has 2 fully saturated rings. The lowest BCUT2D eigenvalue weighted by atomic mass is 10.1. The molecule has 0 aromatic rings. The van der Waals surface area contributed by atoms with Crippen molar-refractivity contribution in [3.05, 3.63) is 0 Å². The Kier molecular flexibility index (Phi) is 4.76. The number of likely N-dealkylation sites (tertiary alicyclic amines) is 1. The number of guanidine groups is 1. The van der Waals surface area contributed by atoms with Crippen LogP contribution in [0.4, 0.5) is 0 Å². The second kappa shape index (κ2) is 6.54. The van der Waals surface area contributed by atoms with Crippen molar-refractivity contribution in [2.45, 2.75) is 32.1 Å². The molecular weight excluding hydrogens is 244 g/mol. The van der Waals surface area contributed by atoms with Crippen molar-refractivity contribution in [1.29, 1.82) is 0 Å². The SMILES string of the molecule is CN=C(NCCN1C(=O)CCCC1=O)NCC1CC1. The standard InChI is InChI=1S/C13H22N4O2/c1-14-13(16-9-10-5-6-10)15-7-8-17-11(18)3-2-4-12(17)19/h10H,2-9H2,1H3,(H2,14,15,16). The van der Waals surface area contributed by atoms with Crippen molar-refractivity contribution in [3.63, 3.8) is 0 Å². The van der Waals surface area contributed by atoms with E-state index in [9.17, 15) is 9.59 Å². The van der Waals surface area contributed by atoms with Crippen molar-refractivity contribution in [2.75, 3.05) is 26.7 Å². The summed E-state index contributed by atoms with van der Waals surface area (Å²) in [6.07, 6.45) is 4.24. The number of aliphatic imine (C=N–C) groups is 1. The maximum absolute atomic E-state index is 11.6. The number of piperidine rings is 1. The quantitative estimate of drug-likeness (QED) is 0.420. The highest BCUT2D eigenvalue weighted by Gasteiger charge is 2.25. The van der Waals surface area contributed by atoms with E-state index in [0.717, 1.165) is 18.4 Å². The first-order valence-electron chi connectivity index (χ1n) is 6.98. The van der Waals surface area contributed by atoms with E-state index in [1.54, 1.807) is 7.05 Å². The van der Waals surface area contributed by atoms with E-state index in [0.29, 0.717) is 32.4 Å². The maximum atomic E-state index is 11.6. The van der Waals surface area contributed by atoms with Gasteiger partial charge in [0, 0.05) is 39.5 Å². The fraction of sp³-hybridized carbons (Fsp3) is 0.769. The normalized spacial score (nSPS) is 20.7. The van der Waals surface area contributed by atoms with E-state index in [1.807, 2.05) is 0 Å². The Morgan fingerprint density at radius 1 is 1.26 bits per heavy atom. The molecule has 1 aliphatic heterocycles. The molecule has 2 amide bonds. The molecule has 2 aliphatic rings. The third kappa shape index (κ3) is 4.22. The third-order valence-corrected chi connectivity index (χ3v) is 3.49. The molecule has 106 valence electrons. The first-order chi connectivity index (χ1) is 9.20. The summed E-state index contributed by atoms with van der Waals surface area (Å²) in [6, 6.07) is 0. The number of hydrogen-bond acceptors (Lipinski definition) is 3. The van der Waals surface area contributed by atoms with E-state index in [2.05, 4.69) is 15.6 Å². The second-order valence-electron chi connectivity index (χ2n) is 5.12. The molecule has 0 radical (unpaired) electrons. The molecule has 0 unspecified atom stereocenters. The Hall–Kier alpha value is -1.59. The predicted octanol–water partition coefficient (Wildman–Crippen LogP) is 0.100. The predicted molar refractivity (Wildman–Crippen MR) is 72.7 cm³/mol. The van der Waals surface area contributed by atoms with Gasteiger partial charge in [0.05, 0.1) is 0 Å². The van der Waals surface area contributed by atoms with Crippen molar-refractivity contribution in [1.82, 2.24) is 15.5 Å². The third-order valence-electron chi connectivity index (χ3n) is 3.49. The lowest BCUT2D eigenvalue weighted by Gasteiger charge is -2.25. The number of amides is 2. The summed E-state index contributed by atoms with van der Waals surface area (Å²) in [5.74, 6) is 1.41. The molecule has 0 aromatic carbocycles. The molecule has 1 aliphatic carbocycles. The minimum absolute atomic E-state index is 0.0565. The molecule has 0 bridgehead atoms. The molecule has 19 heavy (non-hydrogen) atoms. The molecule has 1 saturated heterocycles. The molecule has 1 saturated carbocycles. The number of hydrogen-bond donors (Lipinski definition) is 2. The zero-order valence-electron chi connectivity index (χ0n) is 11.4. The zero-order chi connectivity index (χ0) is 13.7. The van der Waals surface area contributed by atoms with E-state index < -0.39 is 0 Å². The van der Waals surface area contributed by atoms with Crippen LogP contribution in [-0.2, 0) is 9.59 Å². The van der Waals surface area contributed by atoms with Crippen molar-refractivity contribution in [3.8, 4) is 0 Å². The van der Waals surface area contributed by atoms with Crippen LogP contribution in [0.5, 0.6) is 0 Å². The summed E-state index contributed by atoms with van der Waals surface area (Å²) >= 11 is 0. The average molecular weight is 266 g/mol. The van der Waals surface area contributed by atoms with E-state index in [-0.39, 0.29) is 11.8 Å². The summed E-state index contributed by atoms with van der Waals surface area (Å²) in [7, 11) is 1.72. The first kappa shape index (κ1) is 13.8. The highest BCUT2D eigenvalue weighted by molar-refractivity contribution is 5.97. The van der Waals surface area contributed by atoms with Gasteiger partial charge >= 0.3 is 0 Å². The molecular formula is C13H22N4O2. The van der Waals surface area contributed by atoms with Crippen LogP contribution in [0.3, 0.4) is 0 Å². The Morgan fingerprint density at radius 2 is 1.95 bits per heavy atom. The number of nitrogens with one attached hydrogen (secondary N) is 2. The molecule has 0 aromatic heterocycles. The lowest BCUT2D eigenvalue weighted by Crippen LogP contribution is -2.46. The van der Waals surface area contributed by atoms with E-state index >= 15 is 0 Å². The van der Waals surface area contributed by atoms with E-state index in [4.69, 9.17) is 0 Å². The van der Waals surface area contributed by atoms with Gasteiger partial charge in [0.25, 0.3) is 0 Å². The van der Waals surface area contributed by atoms with Gasteiger partial charge in [0.2, 0.25) is 11.8 Å². The highest BCUT2D eigenvalue weighted by Crippen LogP contribution is 2.27. The van der Waals surface area contributed by atoms with Crippen LogP contribution < -0.4 is 10.6 Å². The molecule has 2 N–H and O–H groups in total. The minimum atomic E-state index is -0.0565. The van der Waals surface area contributed by atoms with Crippen LogP contribution >= 0.6 is 0 Å². The van der Waals surface area contributed by atoms with Gasteiger partial charge in [-0.25, -0.2) is 0 Å². The summed E-state index contributed by atoms with van der Waals surface area (Å²) in [5, 5.41) is 6.38. The second-order valence-corrected chi connectivity index (χ2v) is 5.12. The van der Waals surface area contributed by atoms with Gasteiger partial charge in [-0.2, -0.15) is 0 Å². The number of imide groups is 1.